The van der Waals surface area contributed by atoms with Crippen LogP contribution in [0.15, 0.2) is 11.6 Å². The fourth-order valence-electron chi connectivity index (χ4n) is 8.45. The Labute approximate surface area is 180 Å². The van der Waals surface area contributed by atoms with Gasteiger partial charge in [-0.1, -0.05) is 26.3 Å². The van der Waals surface area contributed by atoms with Crippen molar-refractivity contribution in [1.82, 2.24) is 5.32 Å². The van der Waals surface area contributed by atoms with Gasteiger partial charge in [-0.25, -0.2) is 0 Å². The third-order valence-electron chi connectivity index (χ3n) is 10.2. The second-order valence-corrected chi connectivity index (χ2v) is 11.6. The van der Waals surface area contributed by atoms with Gasteiger partial charge in [-0.15, -0.1) is 0 Å². The first-order chi connectivity index (χ1) is 14.3. The number of rotatable bonds is 2. The van der Waals surface area contributed by atoms with Crippen molar-refractivity contribution in [3.63, 3.8) is 0 Å². The van der Waals surface area contributed by atoms with E-state index in [1.807, 2.05) is 0 Å². The molecular formula is C26H36N2O2. The van der Waals surface area contributed by atoms with Crippen molar-refractivity contribution in [2.45, 2.75) is 96.4 Å². The van der Waals surface area contributed by atoms with Crippen LogP contribution in [0.2, 0.25) is 0 Å². The van der Waals surface area contributed by atoms with Gasteiger partial charge in [0.05, 0.1) is 11.6 Å². The maximum atomic E-state index is 13.2. The number of carbonyl (C=O) groups is 2. The number of carbonyl (C=O) groups excluding carboxylic acids is 2. The van der Waals surface area contributed by atoms with Gasteiger partial charge in [-0.3, -0.25) is 9.59 Å². The Morgan fingerprint density at radius 1 is 1.03 bits per heavy atom. The second-order valence-electron chi connectivity index (χ2n) is 11.6. The molecule has 5 aliphatic carbocycles. The average molecular weight is 409 g/mol. The van der Waals surface area contributed by atoms with E-state index in [2.05, 4.69) is 31.3 Å². The Kier molecular flexibility index (Phi) is 4.69. The topological polar surface area (TPSA) is 70.0 Å². The molecular weight excluding hydrogens is 372 g/mol. The number of hydrogen-bond acceptors (Lipinski definition) is 3. The molecule has 6 atom stereocenters. The molecule has 30 heavy (non-hydrogen) atoms. The molecule has 0 bridgehead atoms. The minimum Gasteiger partial charge on any atom is -0.334 e. The Morgan fingerprint density at radius 3 is 2.53 bits per heavy atom. The van der Waals surface area contributed by atoms with Crippen molar-refractivity contribution < 1.29 is 9.59 Å². The molecule has 0 aromatic rings. The van der Waals surface area contributed by atoms with E-state index < -0.39 is 5.54 Å². The summed E-state index contributed by atoms with van der Waals surface area (Å²) in [5.74, 6) is 2.19. The van der Waals surface area contributed by atoms with E-state index in [-0.39, 0.29) is 17.1 Å². The maximum Gasteiger partial charge on any atom is 0.255 e. The number of allylic oxidation sites excluding steroid dienone is 1. The van der Waals surface area contributed by atoms with Crippen LogP contribution in [0.1, 0.15) is 90.9 Å². The third kappa shape index (κ3) is 2.91. The van der Waals surface area contributed by atoms with E-state index in [1.54, 1.807) is 0 Å². The number of fused-ring (bicyclic) bond motifs is 5. The summed E-state index contributed by atoms with van der Waals surface area (Å²) in [7, 11) is 0. The highest BCUT2D eigenvalue weighted by Crippen LogP contribution is 2.65. The Bertz CT molecular complexity index is 832. The number of nitriles is 1. The molecule has 4 nitrogen and oxygen atoms in total. The lowest BCUT2D eigenvalue weighted by atomic mass is 9.46. The van der Waals surface area contributed by atoms with E-state index in [1.165, 1.54) is 38.5 Å². The van der Waals surface area contributed by atoms with Crippen molar-refractivity contribution in [3.05, 3.63) is 11.6 Å². The van der Waals surface area contributed by atoms with E-state index in [4.69, 9.17) is 0 Å². The van der Waals surface area contributed by atoms with Gasteiger partial charge in [0.25, 0.3) is 5.91 Å². The molecule has 5 rings (SSSR count). The van der Waals surface area contributed by atoms with Gasteiger partial charge in [0.2, 0.25) is 0 Å². The van der Waals surface area contributed by atoms with Gasteiger partial charge in [0, 0.05) is 6.42 Å². The zero-order valence-electron chi connectivity index (χ0n) is 18.6. The number of Topliss-reactive ketones (excluding diaryl/α,β-unsaturated/α-hetero) is 1. The largest absolute Gasteiger partial charge is 0.334 e. The normalized spacial score (nSPS) is 44.3. The van der Waals surface area contributed by atoms with Crippen molar-refractivity contribution in [2.75, 3.05) is 0 Å². The molecule has 1 amide bonds. The third-order valence-corrected chi connectivity index (χ3v) is 10.2. The number of amides is 1. The molecule has 0 saturated heterocycles. The molecule has 4 heteroatoms. The molecule has 1 unspecified atom stereocenters. The lowest BCUT2D eigenvalue weighted by molar-refractivity contribution is -0.128. The summed E-state index contributed by atoms with van der Waals surface area (Å²) in [6.45, 7) is 4.85. The smallest absolute Gasteiger partial charge is 0.255 e. The van der Waals surface area contributed by atoms with Gasteiger partial charge < -0.3 is 5.32 Å². The Morgan fingerprint density at radius 2 is 1.80 bits per heavy atom. The molecule has 4 saturated carbocycles. The predicted molar refractivity (Wildman–Crippen MR) is 115 cm³/mol. The Balaban J connectivity index is 1.45. The van der Waals surface area contributed by atoms with Crippen LogP contribution in [0.5, 0.6) is 0 Å². The lowest BCUT2D eigenvalue weighted by Gasteiger charge is -2.58. The fraction of sp³-hybridized carbons (Fsp3) is 0.808. The zero-order valence-corrected chi connectivity index (χ0v) is 18.6. The van der Waals surface area contributed by atoms with Crippen molar-refractivity contribution in [2.24, 2.45) is 34.5 Å². The van der Waals surface area contributed by atoms with Crippen LogP contribution in [0, 0.1) is 45.8 Å². The van der Waals surface area contributed by atoms with Crippen LogP contribution in [-0.2, 0) is 9.59 Å². The standard InChI is InChI=1S/C26H36N2O2/c1-24-10-5-6-20(24)18-8-7-17-14-22(29)19(15-25(17,2)21(18)9-13-24)23(30)28-26(16-27)11-3-4-12-26/h15,17-18,20-21H,3-14H2,1-2H3,(H,28,30)/t17?,18-,20-,21+,24-,25-/m0/s1. The summed E-state index contributed by atoms with van der Waals surface area (Å²) in [6.07, 6.45) is 14.9. The molecule has 0 aromatic heterocycles. The van der Waals surface area contributed by atoms with Crippen LogP contribution in [0.25, 0.3) is 0 Å². The SMILES string of the molecule is C[C@@]12CCC[C@H]1[C@@H]1CCC3CC(=O)C(C(=O)NC4(C#N)CCCC4)=C[C@]3(C)[C@@H]1CC2. The van der Waals surface area contributed by atoms with Crippen molar-refractivity contribution in [1.29, 1.82) is 5.26 Å². The summed E-state index contributed by atoms with van der Waals surface area (Å²) < 4.78 is 0. The quantitative estimate of drug-likeness (QED) is 0.647. The van der Waals surface area contributed by atoms with E-state index >= 15 is 0 Å². The molecule has 0 spiro atoms. The van der Waals surface area contributed by atoms with E-state index in [9.17, 15) is 14.9 Å². The minimum atomic E-state index is -0.776. The first kappa shape index (κ1) is 20.3. The van der Waals surface area contributed by atoms with Crippen LogP contribution >= 0.6 is 0 Å². The highest BCUT2D eigenvalue weighted by Gasteiger charge is 2.58. The zero-order chi connectivity index (χ0) is 21.1. The first-order valence-electron chi connectivity index (χ1n) is 12.3. The summed E-state index contributed by atoms with van der Waals surface area (Å²) in [5.41, 5.74) is 0.0147. The molecule has 162 valence electrons. The monoisotopic (exact) mass is 408 g/mol. The first-order valence-corrected chi connectivity index (χ1v) is 12.3. The Hall–Kier alpha value is -1.63. The van der Waals surface area contributed by atoms with Crippen molar-refractivity contribution in [3.8, 4) is 6.07 Å². The summed E-state index contributed by atoms with van der Waals surface area (Å²) in [4.78, 5) is 26.2. The summed E-state index contributed by atoms with van der Waals surface area (Å²) in [5, 5.41) is 12.6. The fourth-order valence-corrected chi connectivity index (χ4v) is 8.45. The molecule has 0 aliphatic heterocycles. The van der Waals surface area contributed by atoms with Gasteiger partial charge in [0.15, 0.2) is 5.78 Å². The minimum absolute atomic E-state index is 0.0129. The number of nitrogens with one attached hydrogen (secondary N) is 1. The maximum absolute atomic E-state index is 13.2. The van der Waals surface area contributed by atoms with Gasteiger partial charge >= 0.3 is 0 Å². The average Bonchev–Trinajstić information content (AvgIpc) is 3.34. The highest BCUT2D eigenvalue weighted by atomic mass is 16.2. The van der Waals surface area contributed by atoms with Gasteiger partial charge in [0.1, 0.15) is 5.54 Å². The van der Waals surface area contributed by atoms with Gasteiger partial charge in [-0.05, 0) is 98.7 Å². The van der Waals surface area contributed by atoms with Crippen LogP contribution in [0.4, 0.5) is 0 Å². The predicted octanol–water partition coefficient (Wildman–Crippen LogP) is 5.09. The van der Waals surface area contributed by atoms with E-state index in [0.29, 0.717) is 42.1 Å². The second kappa shape index (κ2) is 6.94. The van der Waals surface area contributed by atoms with Crippen molar-refractivity contribution >= 4 is 11.7 Å². The number of hydrogen-bond donors (Lipinski definition) is 1. The molecule has 0 heterocycles. The molecule has 5 aliphatic rings. The van der Waals surface area contributed by atoms with Gasteiger partial charge in [-0.2, -0.15) is 5.26 Å². The summed E-state index contributed by atoms with van der Waals surface area (Å²) in [6, 6.07) is 2.33. The lowest BCUT2D eigenvalue weighted by Crippen LogP contribution is -2.53. The molecule has 0 aromatic carbocycles. The number of nitrogens with zero attached hydrogens (tertiary/aromatic N) is 1. The molecule has 4 fully saturated rings. The van der Waals surface area contributed by atoms with E-state index in [0.717, 1.165) is 31.1 Å². The van der Waals surface area contributed by atoms with Crippen LogP contribution < -0.4 is 5.32 Å². The molecule has 1 N–H and O–H groups in total. The van der Waals surface area contributed by atoms with Crippen LogP contribution in [-0.4, -0.2) is 17.2 Å². The highest BCUT2D eigenvalue weighted by molar-refractivity contribution is 6.20. The summed E-state index contributed by atoms with van der Waals surface area (Å²) >= 11 is 0. The molecule has 0 radical (unpaired) electrons. The number of ketones is 1. The van der Waals surface area contributed by atoms with Crippen LogP contribution in [0.3, 0.4) is 0 Å².